The van der Waals surface area contributed by atoms with Crippen molar-refractivity contribution in [1.29, 1.82) is 0 Å². The average molecular weight is 2010 g/mol. The normalized spacial score (nSPS) is 27.1. The lowest BCUT2D eigenvalue weighted by Gasteiger charge is -2.34. The molecule has 7 aromatic rings. The number of aliphatic hydroxyl groups is 5. The zero-order valence-corrected chi connectivity index (χ0v) is 88.6. The van der Waals surface area contributed by atoms with Crippen molar-refractivity contribution >= 4 is 30.5 Å². The molecule has 5 amide bonds. The molecule has 5 heterocycles. The number of nitrogens with zero attached hydrogens (tertiary/aromatic N) is 5. The fourth-order valence-corrected chi connectivity index (χ4v) is 24.4. The molecule has 0 aromatic heterocycles. The Hall–Kier alpha value is -11.3. The molecular weight excluding hydrogens is 1850 g/mol. The maximum atomic E-state index is 12.2. The first-order chi connectivity index (χ1) is 69.3. The van der Waals surface area contributed by atoms with Crippen LogP contribution in [0.25, 0.3) is 0 Å². The minimum absolute atomic E-state index is 0.0186. The summed E-state index contributed by atoms with van der Waals surface area (Å²) in [4.78, 5) is 69.0. The Bertz CT molecular complexity index is 5250. The number of amides is 5. The Morgan fingerprint density at radius 2 is 0.503 bits per heavy atom. The van der Waals surface area contributed by atoms with Crippen LogP contribution < -0.4 is 47.4 Å². The minimum atomic E-state index is -0.594. The van der Waals surface area contributed by atoms with E-state index in [4.69, 9.17) is 71.1 Å². The van der Waals surface area contributed by atoms with Gasteiger partial charge in [0.15, 0.2) is 57.5 Å². The van der Waals surface area contributed by atoms with Gasteiger partial charge in [0.2, 0.25) is 0 Å². The molecule has 30 heteroatoms. The molecular formula is C115H157N5O25. The second-order valence-electron chi connectivity index (χ2n) is 43.2. The standard InChI is InChI=1S/2C25H31NO5.C23H33NO5.2C21H31NO5/c2*1-16(27)25(2)15-26(24(28)30-4)14-21(25)19-9-10-22(29-3)23(13-19)31-20-11-17-7-5-6-8-18(17)12-20;1-14(25)23(2)13-24(22(26)28-4)12-18(23)16-7-8-19(27-3)21(11-16)29-20-10-15-5-6-17(20)9-15;2*1-14(23)21(2)13-22(20(24)26-4)12-17(21)15-9-10-18(25-3)19(11-15)27-16-7-5-6-8-16/h2*5-10,13,16,20-21,27H,11-12,14-15H2,1-4H3;7-8,11,14-15,17-18,20,25H,5-6,9-10,12-13H2,1-4H3;2*9-11,14,16-17,23H,5-8,12-13H2,1-4H3/t16-,21+,25+;16-,21-,25-;14-,15?,17?,18-,20?,23-;14-,17+,21+;14-,17-,21-/m10010/s1. The van der Waals surface area contributed by atoms with Crippen molar-refractivity contribution < 1.29 is 121 Å². The van der Waals surface area contributed by atoms with E-state index in [1.54, 1.807) is 94.7 Å². The molecule has 5 saturated heterocycles. The third-order valence-electron chi connectivity index (χ3n) is 34.3. The van der Waals surface area contributed by atoms with E-state index >= 15 is 0 Å². The molecule has 18 atom stereocenters. The summed E-state index contributed by atoms with van der Waals surface area (Å²) in [5, 5.41) is 52.7. The van der Waals surface area contributed by atoms with Crippen LogP contribution in [0.3, 0.4) is 0 Å². The van der Waals surface area contributed by atoms with Crippen molar-refractivity contribution in [3.63, 3.8) is 0 Å². The molecule has 4 saturated carbocycles. The largest absolute Gasteiger partial charge is 0.493 e. The zero-order valence-electron chi connectivity index (χ0n) is 88.6. The number of fused-ring (bicyclic) bond motifs is 4. The summed E-state index contributed by atoms with van der Waals surface area (Å²) in [6, 6.07) is 46.6. The molecule has 11 aliphatic rings. The molecule has 9 fully saturated rings. The summed E-state index contributed by atoms with van der Waals surface area (Å²) in [7, 11) is 15.2. The molecule has 0 radical (unpaired) electrons. The van der Waals surface area contributed by atoms with Crippen molar-refractivity contribution in [1.82, 2.24) is 24.5 Å². The molecule has 5 aliphatic heterocycles. The molecule has 5 N–H and O–H groups in total. The van der Waals surface area contributed by atoms with Crippen LogP contribution in [0.1, 0.15) is 226 Å². The van der Waals surface area contributed by atoms with E-state index in [2.05, 4.69) is 54.6 Å². The van der Waals surface area contributed by atoms with Crippen molar-refractivity contribution in [2.75, 3.05) is 137 Å². The van der Waals surface area contributed by atoms with Gasteiger partial charge in [-0.15, -0.1) is 0 Å². The summed E-state index contributed by atoms with van der Waals surface area (Å²) in [5.74, 6) is 8.46. The average Bonchev–Trinajstić information content (AvgIpc) is 1.63. The fourth-order valence-electron chi connectivity index (χ4n) is 24.4. The molecule has 145 heavy (non-hydrogen) atoms. The summed E-state index contributed by atoms with van der Waals surface area (Å²) in [6.45, 7) is 23.7. The molecule has 30 nitrogen and oxygen atoms in total. The topological polar surface area (TPSA) is 341 Å². The van der Waals surface area contributed by atoms with Crippen LogP contribution in [-0.2, 0) is 49.4 Å². The summed E-state index contributed by atoms with van der Waals surface area (Å²) in [5.41, 5.74) is 8.09. The van der Waals surface area contributed by atoms with Gasteiger partial charge in [-0.1, -0.05) is 113 Å². The summed E-state index contributed by atoms with van der Waals surface area (Å²) in [6.07, 6.45) is 13.6. The van der Waals surface area contributed by atoms with E-state index in [0.717, 1.165) is 115 Å². The van der Waals surface area contributed by atoms with Crippen molar-refractivity contribution in [2.24, 2.45) is 38.9 Å². The number of ether oxygens (including phenoxy) is 15. The van der Waals surface area contributed by atoms with E-state index in [-0.39, 0.29) is 90.6 Å². The van der Waals surface area contributed by atoms with Crippen LogP contribution in [0.4, 0.5) is 24.0 Å². The first-order valence-electron chi connectivity index (χ1n) is 51.7. The lowest BCUT2D eigenvalue weighted by molar-refractivity contribution is 0.0467. The highest BCUT2D eigenvalue weighted by Crippen LogP contribution is 2.55. The highest BCUT2D eigenvalue weighted by molar-refractivity contribution is 5.71. The van der Waals surface area contributed by atoms with Crippen LogP contribution in [0.15, 0.2) is 140 Å². The predicted molar refractivity (Wildman–Crippen MR) is 550 cm³/mol. The van der Waals surface area contributed by atoms with Crippen molar-refractivity contribution in [3.05, 3.63) is 190 Å². The van der Waals surface area contributed by atoms with Gasteiger partial charge in [-0.05, 0) is 234 Å². The first-order valence-corrected chi connectivity index (χ1v) is 51.7. The lowest BCUT2D eigenvalue weighted by atomic mass is 9.72. The van der Waals surface area contributed by atoms with Crippen molar-refractivity contribution in [2.45, 2.75) is 263 Å². The second kappa shape index (κ2) is 47.2. The number of hydrogen-bond donors (Lipinski definition) is 5. The number of likely N-dealkylation sites (tertiary alicyclic amines) is 5. The van der Waals surface area contributed by atoms with Gasteiger partial charge in [-0.25, -0.2) is 24.0 Å². The van der Waals surface area contributed by atoms with Gasteiger partial charge in [-0.2, -0.15) is 0 Å². The number of hydrogen-bond acceptors (Lipinski definition) is 25. The monoisotopic (exact) mass is 2010 g/mol. The lowest BCUT2D eigenvalue weighted by Crippen LogP contribution is -2.38. The molecule has 18 rings (SSSR count). The van der Waals surface area contributed by atoms with Crippen LogP contribution >= 0.6 is 0 Å². The summed E-state index contributed by atoms with van der Waals surface area (Å²) >= 11 is 0. The number of methoxy groups -OCH3 is 10. The quantitative estimate of drug-likeness (QED) is 0.0332. The third-order valence-corrected chi connectivity index (χ3v) is 34.3. The smallest absolute Gasteiger partial charge is 0.409 e. The zero-order chi connectivity index (χ0) is 104. The number of carbonyl (C=O) groups excluding carboxylic acids is 5. The van der Waals surface area contributed by atoms with Gasteiger partial charge >= 0.3 is 30.5 Å². The third kappa shape index (κ3) is 23.9. The van der Waals surface area contributed by atoms with Gasteiger partial charge in [0.05, 0.1) is 114 Å². The Morgan fingerprint density at radius 1 is 0.283 bits per heavy atom. The Kier molecular flexibility index (Phi) is 35.6. The summed E-state index contributed by atoms with van der Waals surface area (Å²) < 4.78 is 84.0. The van der Waals surface area contributed by atoms with Crippen LogP contribution in [0.2, 0.25) is 0 Å². The van der Waals surface area contributed by atoms with Gasteiger partial charge in [0.1, 0.15) is 18.3 Å². The van der Waals surface area contributed by atoms with Crippen molar-refractivity contribution in [3.8, 4) is 57.5 Å². The molecule has 3 unspecified atom stereocenters. The van der Waals surface area contributed by atoms with Crippen LogP contribution in [0, 0.1) is 38.9 Å². The Labute approximate surface area is 856 Å². The maximum Gasteiger partial charge on any atom is 0.409 e. The highest BCUT2D eigenvalue weighted by atomic mass is 16.6. The Balaban J connectivity index is 0.000000144. The SMILES string of the molecule is COC(=O)N1C[C@@H](c2ccc(OC)c(OC3CC4CCC3C4)c2)[C@](C)([C@H](C)O)C1.COC(=O)N1C[C@@H](c2ccc(OC)c(OC3CCCC3)c2)[C@](C)([C@@H](C)O)C1.COC(=O)N1C[C@@H](c2ccc(OC)c(OC3CCCC3)c2)[C@](C)([C@H](C)O)C1.COC(=O)N1C[C@@H](c2ccc(OC)c(OC3Cc4ccccc4C3)c2)[C@](C)([C@@H](C)O)C1.COC(=O)N1C[C@@H](c2ccc(OC)c(OC3Cc4ccccc4C3)c2)[C@](C)([C@H](C)O)C1. The predicted octanol–water partition coefficient (Wildman–Crippen LogP) is 18.5. The van der Waals surface area contributed by atoms with E-state index in [9.17, 15) is 49.5 Å². The molecule has 0 spiro atoms. The molecule has 2 bridgehead atoms. The van der Waals surface area contributed by atoms with Gasteiger partial charge in [0.25, 0.3) is 0 Å². The first kappa shape index (κ1) is 109. The molecule has 6 aliphatic carbocycles. The van der Waals surface area contributed by atoms with Gasteiger partial charge < -0.3 is 121 Å². The molecule has 792 valence electrons. The van der Waals surface area contributed by atoms with Crippen LogP contribution in [0.5, 0.6) is 57.5 Å². The number of carbonyl (C=O) groups is 5. The Morgan fingerprint density at radius 3 is 0.697 bits per heavy atom. The minimum Gasteiger partial charge on any atom is -0.493 e. The maximum absolute atomic E-state index is 12.2. The second-order valence-corrected chi connectivity index (χ2v) is 43.2. The van der Waals surface area contributed by atoms with E-state index in [1.807, 2.05) is 120 Å². The fraction of sp³-hybridized carbons (Fsp3) is 0.591. The van der Waals surface area contributed by atoms with Gasteiger partial charge in [-0.3, -0.25) is 0 Å². The van der Waals surface area contributed by atoms with E-state index in [1.165, 1.54) is 103 Å². The van der Waals surface area contributed by atoms with Gasteiger partial charge in [0, 0.05) is 148 Å². The molecule has 7 aromatic carbocycles. The van der Waals surface area contributed by atoms with E-state index in [0.29, 0.717) is 106 Å². The highest BCUT2D eigenvalue weighted by Gasteiger charge is 2.55. The number of aliphatic hydroxyl groups excluding tert-OH is 5. The van der Waals surface area contributed by atoms with E-state index < -0.39 is 57.6 Å². The van der Waals surface area contributed by atoms with Crippen LogP contribution in [-0.4, -0.2) is 278 Å². The number of rotatable bonds is 25. The number of benzene rings is 7.